The third-order valence-corrected chi connectivity index (χ3v) is 2.69. The maximum atomic E-state index is 11.6. The van der Waals surface area contributed by atoms with Crippen LogP contribution in [-0.2, 0) is 4.79 Å². The first-order valence-corrected chi connectivity index (χ1v) is 5.75. The Kier molecular flexibility index (Phi) is 2.88. The summed E-state index contributed by atoms with van der Waals surface area (Å²) in [5.74, 6) is 0.442. The molecule has 0 radical (unpaired) electrons. The lowest BCUT2D eigenvalue weighted by atomic mass is 10.1. The van der Waals surface area contributed by atoms with Gasteiger partial charge in [0.05, 0.1) is 11.0 Å². The van der Waals surface area contributed by atoms with Crippen LogP contribution in [0.4, 0.5) is 5.95 Å². The van der Waals surface area contributed by atoms with Crippen LogP contribution in [0.3, 0.4) is 0 Å². The van der Waals surface area contributed by atoms with Crippen LogP contribution >= 0.6 is 0 Å². The normalized spacial score (nSPS) is 11.1. The zero-order valence-corrected chi connectivity index (χ0v) is 10.6. The number of nitrogens with zero attached hydrogens (tertiary/aromatic N) is 1. The minimum absolute atomic E-state index is 0.0292. The Morgan fingerprint density at radius 2 is 2.06 bits per heavy atom. The van der Waals surface area contributed by atoms with E-state index in [2.05, 4.69) is 21.4 Å². The van der Waals surface area contributed by atoms with Crippen molar-refractivity contribution in [3.8, 4) is 0 Å². The van der Waals surface area contributed by atoms with Crippen LogP contribution in [0.1, 0.15) is 25.0 Å². The Morgan fingerprint density at radius 3 is 2.71 bits per heavy atom. The number of H-pyrrole nitrogens is 1. The first-order chi connectivity index (χ1) is 7.97. The van der Waals surface area contributed by atoms with E-state index < -0.39 is 0 Å². The van der Waals surface area contributed by atoms with Crippen molar-refractivity contribution in [2.75, 3.05) is 5.32 Å². The Balaban J connectivity index is 2.38. The molecular weight excluding hydrogens is 214 g/mol. The fourth-order valence-corrected chi connectivity index (χ4v) is 1.79. The molecule has 1 aromatic carbocycles. The van der Waals surface area contributed by atoms with Gasteiger partial charge in [-0.2, -0.15) is 0 Å². The Bertz CT molecular complexity index is 569. The number of anilines is 1. The average molecular weight is 231 g/mol. The van der Waals surface area contributed by atoms with E-state index in [1.807, 2.05) is 33.8 Å². The van der Waals surface area contributed by atoms with Crippen molar-refractivity contribution in [1.29, 1.82) is 0 Å². The minimum atomic E-state index is -0.0500. The van der Waals surface area contributed by atoms with Crippen molar-refractivity contribution in [3.05, 3.63) is 23.3 Å². The number of aromatic nitrogens is 2. The van der Waals surface area contributed by atoms with Crippen LogP contribution in [0.5, 0.6) is 0 Å². The van der Waals surface area contributed by atoms with Crippen molar-refractivity contribution in [2.45, 2.75) is 27.7 Å². The standard InChI is InChI=1S/C13H17N3O/c1-7(2)12(17)16-13-14-10-6-8(3)5-9(4)11(10)15-13/h5-7H,1-4H3,(H2,14,15,16,17). The van der Waals surface area contributed by atoms with E-state index in [9.17, 15) is 4.79 Å². The Morgan fingerprint density at radius 1 is 1.35 bits per heavy atom. The number of rotatable bonds is 2. The van der Waals surface area contributed by atoms with Gasteiger partial charge in [0.15, 0.2) is 0 Å². The van der Waals surface area contributed by atoms with Gasteiger partial charge in [0.1, 0.15) is 0 Å². The number of hydrogen-bond donors (Lipinski definition) is 2. The summed E-state index contributed by atoms with van der Waals surface area (Å²) in [7, 11) is 0. The summed E-state index contributed by atoms with van der Waals surface area (Å²) in [6, 6.07) is 4.11. The molecule has 0 aliphatic rings. The lowest BCUT2D eigenvalue weighted by molar-refractivity contribution is -0.118. The second-order valence-corrected chi connectivity index (χ2v) is 4.71. The molecule has 0 fully saturated rings. The summed E-state index contributed by atoms with van der Waals surface area (Å²) in [6.07, 6.45) is 0. The minimum Gasteiger partial charge on any atom is -0.324 e. The molecule has 4 heteroatoms. The summed E-state index contributed by atoms with van der Waals surface area (Å²) < 4.78 is 0. The first-order valence-electron chi connectivity index (χ1n) is 5.75. The summed E-state index contributed by atoms with van der Waals surface area (Å²) in [6.45, 7) is 7.77. The largest absolute Gasteiger partial charge is 0.324 e. The summed E-state index contributed by atoms with van der Waals surface area (Å²) in [4.78, 5) is 19.1. The quantitative estimate of drug-likeness (QED) is 0.835. The summed E-state index contributed by atoms with van der Waals surface area (Å²) in [5, 5.41) is 2.77. The Hall–Kier alpha value is -1.84. The van der Waals surface area contributed by atoms with E-state index in [-0.39, 0.29) is 11.8 Å². The third-order valence-electron chi connectivity index (χ3n) is 2.69. The van der Waals surface area contributed by atoms with Gasteiger partial charge in [-0.25, -0.2) is 4.98 Å². The molecule has 0 spiro atoms. The topological polar surface area (TPSA) is 57.8 Å². The smallest absolute Gasteiger partial charge is 0.229 e. The van der Waals surface area contributed by atoms with E-state index in [0.717, 1.165) is 16.6 Å². The number of carbonyl (C=O) groups is 1. The molecule has 90 valence electrons. The molecule has 17 heavy (non-hydrogen) atoms. The molecule has 0 saturated heterocycles. The van der Waals surface area contributed by atoms with Crippen LogP contribution in [0.2, 0.25) is 0 Å². The van der Waals surface area contributed by atoms with Crippen molar-refractivity contribution < 1.29 is 4.79 Å². The molecule has 0 saturated carbocycles. The molecule has 2 rings (SSSR count). The van der Waals surface area contributed by atoms with Crippen LogP contribution in [0.25, 0.3) is 11.0 Å². The van der Waals surface area contributed by atoms with Crippen LogP contribution in [0.15, 0.2) is 12.1 Å². The molecule has 1 aromatic heterocycles. The monoisotopic (exact) mass is 231 g/mol. The zero-order valence-electron chi connectivity index (χ0n) is 10.6. The molecule has 0 unspecified atom stereocenters. The number of nitrogens with one attached hydrogen (secondary N) is 2. The molecule has 0 aliphatic carbocycles. The highest BCUT2D eigenvalue weighted by Crippen LogP contribution is 2.20. The van der Waals surface area contributed by atoms with Gasteiger partial charge < -0.3 is 4.98 Å². The maximum Gasteiger partial charge on any atom is 0.229 e. The van der Waals surface area contributed by atoms with Crippen molar-refractivity contribution in [2.24, 2.45) is 5.92 Å². The van der Waals surface area contributed by atoms with Gasteiger partial charge in [-0.15, -0.1) is 0 Å². The van der Waals surface area contributed by atoms with Gasteiger partial charge >= 0.3 is 0 Å². The lowest BCUT2D eigenvalue weighted by Gasteiger charge is -2.03. The van der Waals surface area contributed by atoms with Gasteiger partial charge in [-0.1, -0.05) is 19.9 Å². The second-order valence-electron chi connectivity index (χ2n) is 4.71. The predicted octanol–water partition coefficient (Wildman–Crippen LogP) is 2.77. The highest BCUT2D eigenvalue weighted by molar-refractivity contribution is 5.92. The summed E-state index contributed by atoms with van der Waals surface area (Å²) in [5.41, 5.74) is 4.16. The predicted molar refractivity (Wildman–Crippen MR) is 69.0 cm³/mol. The van der Waals surface area contributed by atoms with E-state index in [1.54, 1.807) is 0 Å². The van der Waals surface area contributed by atoms with Gasteiger partial charge in [0.2, 0.25) is 11.9 Å². The number of amides is 1. The third kappa shape index (κ3) is 2.30. The number of imidazole rings is 1. The molecule has 4 nitrogen and oxygen atoms in total. The number of hydrogen-bond acceptors (Lipinski definition) is 2. The highest BCUT2D eigenvalue weighted by Gasteiger charge is 2.11. The number of aryl methyl sites for hydroxylation is 2. The number of benzene rings is 1. The molecule has 1 amide bonds. The molecule has 0 bridgehead atoms. The SMILES string of the molecule is Cc1cc(C)c2nc(NC(=O)C(C)C)[nH]c2c1. The molecule has 1 heterocycles. The number of carbonyl (C=O) groups excluding carboxylic acids is 1. The van der Waals surface area contributed by atoms with E-state index >= 15 is 0 Å². The Labute approximate surface area is 100 Å². The molecule has 2 N–H and O–H groups in total. The zero-order chi connectivity index (χ0) is 12.6. The van der Waals surface area contributed by atoms with E-state index in [1.165, 1.54) is 5.56 Å². The van der Waals surface area contributed by atoms with E-state index in [4.69, 9.17) is 0 Å². The van der Waals surface area contributed by atoms with Gasteiger partial charge in [-0.05, 0) is 31.0 Å². The van der Waals surface area contributed by atoms with Gasteiger partial charge in [-0.3, -0.25) is 10.1 Å². The molecular formula is C13H17N3O. The fraction of sp³-hybridized carbons (Fsp3) is 0.385. The van der Waals surface area contributed by atoms with Crippen molar-refractivity contribution in [1.82, 2.24) is 9.97 Å². The van der Waals surface area contributed by atoms with Crippen molar-refractivity contribution >= 4 is 22.9 Å². The van der Waals surface area contributed by atoms with Crippen LogP contribution in [-0.4, -0.2) is 15.9 Å². The molecule has 2 aromatic rings. The molecule has 0 aliphatic heterocycles. The molecule has 0 atom stereocenters. The highest BCUT2D eigenvalue weighted by atomic mass is 16.1. The van der Waals surface area contributed by atoms with E-state index in [0.29, 0.717) is 5.95 Å². The number of fused-ring (bicyclic) bond motifs is 1. The van der Waals surface area contributed by atoms with Gasteiger partial charge in [0.25, 0.3) is 0 Å². The van der Waals surface area contributed by atoms with Gasteiger partial charge in [0, 0.05) is 5.92 Å². The second kappa shape index (κ2) is 4.20. The number of aromatic amines is 1. The average Bonchev–Trinajstić information content (AvgIpc) is 2.60. The first kappa shape index (κ1) is 11.6. The van der Waals surface area contributed by atoms with Crippen molar-refractivity contribution in [3.63, 3.8) is 0 Å². The van der Waals surface area contributed by atoms with Crippen LogP contribution < -0.4 is 5.32 Å². The fourth-order valence-electron chi connectivity index (χ4n) is 1.79. The lowest BCUT2D eigenvalue weighted by Crippen LogP contribution is -2.18. The van der Waals surface area contributed by atoms with Crippen LogP contribution in [0, 0.1) is 19.8 Å². The summed E-state index contributed by atoms with van der Waals surface area (Å²) >= 11 is 0. The maximum absolute atomic E-state index is 11.6.